The summed E-state index contributed by atoms with van der Waals surface area (Å²) in [4.78, 5) is 7.57. The van der Waals surface area contributed by atoms with Gasteiger partial charge in [-0.15, -0.1) is 0 Å². The van der Waals surface area contributed by atoms with Crippen molar-refractivity contribution in [1.82, 2.24) is 9.97 Å². The molecule has 2 rings (SSSR count). The van der Waals surface area contributed by atoms with Crippen LogP contribution < -0.4 is 10.2 Å². The van der Waals surface area contributed by atoms with Crippen molar-refractivity contribution in [3.63, 3.8) is 0 Å². The predicted molar refractivity (Wildman–Crippen MR) is 46.0 cm³/mol. The third-order valence-electron chi connectivity index (χ3n) is 1.90. The molecule has 66 valence electrons. The van der Waals surface area contributed by atoms with Crippen LogP contribution in [0.2, 0.25) is 0 Å². The van der Waals surface area contributed by atoms with Gasteiger partial charge in [0.15, 0.2) is 0 Å². The Labute approximate surface area is 76.8 Å². The SMILES string of the molecule is [B]c1cnc(OCC2(F)CC2)nc1. The average molecular weight is 178 g/mol. The van der Waals surface area contributed by atoms with E-state index >= 15 is 0 Å². The highest BCUT2D eigenvalue weighted by Crippen LogP contribution is 2.39. The van der Waals surface area contributed by atoms with Crippen LogP contribution in [0.5, 0.6) is 6.01 Å². The summed E-state index contributed by atoms with van der Waals surface area (Å²) in [5.74, 6) is 0. The highest BCUT2D eigenvalue weighted by molar-refractivity contribution is 6.31. The van der Waals surface area contributed by atoms with Gasteiger partial charge in [-0.3, -0.25) is 0 Å². The molecule has 1 aliphatic rings. The van der Waals surface area contributed by atoms with Crippen molar-refractivity contribution in [2.45, 2.75) is 18.5 Å². The lowest BCUT2D eigenvalue weighted by Crippen LogP contribution is -2.15. The normalized spacial score (nSPS) is 18.2. The minimum absolute atomic E-state index is 0.0386. The lowest BCUT2D eigenvalue weighted by Gasteiger charge is -2.05. The van der Waals surface area contributed by atoms with Crippen LogP contribution in [0, 0.1) is 0 Å². The average Bonchev–Trinajstić information content (AvgIpc) is 2.84. The number of ether oxygens (including phenoxy) is 1. The van der Waals surface area contributed by atoms with Crippen molar-refractivity contribution in [3.8, 4) is 6.01 Å². The van der Waals surface area contributed by atoms with Crippen LogP contribution in [-0.2, 0) is 0 Å². The van der Waals surface area contributed by atoms with E-state index in [1.807, 2.05) is 0 Å². The van der Waals surface area contributed by atoms with Gasteiger partial charge in [0, 0.05) is 12.4 Å². The number of alkyl halides is 1. The molecule has 0 amide bonds. The summed E-state index contributed by atoms with van der Waals surface area (Å²) in [7, 11) is 5.37. The summed E-state index contributed by atoms with van der Waals surface area (Å²) in [6.07, 6.45) is 4.00. The van der Waals surface area contributed by atoms with E-state index in [0.717, 1.165) is 0 Å². The third-order valence-corrected chi connectivity index (χ3v) is 1.90. The maximum atomic E-state index is 13.1. The Bertz CT molecular complexity index is 300. The van der Waals surface area contributed by atoms with Gasteiger partial charge in [0.25, 0.3) is 0 Å². The maximum absolute atomic E-state index is 13.1. The Morgan fingerprint density at radius 3 is 2.62 bits per heavy atom. The number of hydrogen-bond acceptors (Lipinski definition) is 3. The molecule has 1 aromatic heterocycles. The third kappa shape index (κ3) is 2.17. The first kappa shape index (κ1) is 8.47. The fourth-order valence-corrected chi connectivity index (χ4v) is 0.875. The van der Waals surface area contributed by atoms with E-state index in [1.165, 1.54) is 12.4 Å². The zero-order valence-electron chi connectivity index (χ0n) is 7.03. The molecule has 1 fully saturated rings. The second-order valence-corrected chi connectivity index (χ2v) is 3.24. The van der Waals surface area contributed by atoms with E-state index in [2.05, 4.69) is 9.97 Å². The van der Waals surface area contributed by atoms with Gasteiger partial charge < -0.3 is 4.74 Å². The molecule has 0 atom stereocenters. The van der Waals surface area contributed by atoms with Crippen molar-refractivity contribution in [2.75, 3.05) is 6.61 Å². The number of rotatable bonds is 3. The van der Waals surface area contributed by atoms with Crippen molar-refractivity contribution < 1.29 is 9.13 Å². The zero-order valence-corrected chi connectivity index (χ0v) is 7.03. The smallest absolute Gasteiger partial charge is 0.316 e. The summed E-state index contributed by atoms with van der Waals surface area (Å²) in [5, 5.41) is 0. The van der Waals surface area contributed by atoms with Crippen LogP contribution >= 0.6 is 0 Å². The molecule has 13 heavy (non-hydrogen) atoms. The molecule has 0 saturated heterocycles. The van der Waals surface area contributed by atoms with E-state index in [1.54, 1.807) is 0 Å². The molecular formula is C8H8BFN2O. The number of nitrogens with zero attached hydrogens (tertiary/aromatic N) is 2. The van der Waals surface area contributed by atoms with E-state index < -0.39 is 5.67 Å². The molecule has 0 bridgehead atoms. The second-order valence-electron chi connectivity index (χ2n) is 3.24. The van der Waals surface area contributed by atoms with Crippen LogP contribution in [0.1, 0.15) is 12.8 Å². The van der Waals surface area contributed by atoms with E-state index in [4.69, 9.17) is 12.6 Å². The standard InChI is InChI=1S/C8H8BFN2O/c9-6-3-11-7(12-4-6)13-5-8(10)1-2-8/h3-4H,1-2,5H2. The highest BCUT2D eigenvalue weighted by atomic mass is 19.1. The van der Waals surface area contributed by atoms with E-state index in [-0.39, 0.29) is 12.6 Å². The van der Waals surface area contributed by atoms with E-state index in [0.29, 0.717) is 18.3 Å². The largest absolute Gasteiger partial charge is 0.460 e. The minimum atomic E-state index is -1.13. The Kier molecular flexibility index (Phi) is 1.94. The highest BCUT2D eigenvalue weighted by Gasteiger charge is 2.44. The van der Waals surface area contributed by atoms with Gasteiger partial charge in [-0.2, -0.15) is 0 Å². The number of aromatic nitrogens is 2. The molecule has 1 aromatic rings. The zero-order chi connectivity index (χ0) is 9.31. The van der Waals surface area contributed by atoms with Crippen molar-refractivity contribution in [1.29, 1.82) is 0 Å². The summed E-state index contributed by atoms with van der Waals surface area (Å²) >= 11 is 0. The van der Waals surface area contributed by atoms with Crippen LogP contribution in [-0.4, -0.2) is 30.1 Å². The van der Waals surface area contributed by atoms with Gasteiger partial charge in [-0.25, -0.2) is 14.4 Å². The van der Waals surface area contributed by atoms with Gasteiger partial charge in [0.1, 0.15) is 20.1 Å². The summed E-state index contributed by atoms with van der Waals surface area (Å²) in [6, 6.07) is 0.179. The van der Waals surface area contributed by atoms with Crippen molar-refractivity contribution in [2.24, 2.45) is 0 Å². The maximum Gasteiger partial charge on any atom is 0.316 e. The Balaban J connectivity index is 1.91. The molecule has 5 heteroatoms. The first-order chi connectivity index (χ1) is 6.18. The van der Waals surface area contributed by atoms with Gasteiger partial charge in [-0.1, -0.05) is 5.46 Å². The topological polar surface area (TPSA) is 35.0 Å². The molecule has 0 aromatic carbocycles. The predicted octanol–water partition coefficient (Wildman–Crippen LogP) is 0.151. The van der Waals surface area contributed by atoms with Crippen molar-refractivity contribution >= 4 is 13.3 Å². The molecular weight excluding hydrogens is 170 g/mol. The van der Waals surface area contributed by atoms with Gasteiger partial charge in [-0.05, 0) is 12.8 Å². The minimum Gasteiger partial charge on any atom is -0.460 e. The van der Waals surface area contributed by atoms with Gasteiger partial charge >= 0.3 is 6.01 Å². The summed E-state index contributed by atoms with van der Waals surface area (Å²) in [5.41, 5.74) is -0.668. The molecule has 2 radical (unpaired) electrons. The summed E-state index contributed by atoms with van der Waals surface area (Å²) < 4.78 is 18.1. The lowest BCUT2D eigenvalue weighted by atomic mass is 10.0. The Morgan fingerprint density at radius 2 is 2.08 bits per heavy atom. The fraction of sp³-hybridized carbons (Fsp3) is 0.500. The van der Waals surface area contributed by atoms with Gasteiger partial charge in [0.2, 0.25) is 0 Å². The monoisotopic (exact) mass is 178 g/mol. The first-order valence-corrected chi connectivity index (χ1v) is 4.07. The molecule has 3 nitrogen and oxygen atoms in total. The molecule has 1 saturated carbocycles. The second kappa shape index (κ2) is 2.98. The van der Waals surface area contributed by atoms with Crippen LogP contribution in [0.15, 0.2) is 12.4 Å². The number of hydrogen-bond donors (Lipinski definition) is 0. The first-order valence-electron chi connectivity index (χ1n) is 4.07. The molecule has 0 N–H and O–H groups in total. The lowest BCUT2D eigenvalue weighted by molar-refractivity contribution is 0.167. The molecule has 1 heterocycles. The Morgan fingerprint density at radius 1 is 1.46 bits per heavy atom. The molecule has 0 unspecified atom stereocenters. The quantitative estimate of drug-likeness (QED) is 0.618. The van der Waals surface area contributed by atoms with E-state index in [9.17, 15) is 4.39 Å². The van der Waals surface area contributed by atoms with Crippen molar-refractivity contribution in [3.05, 3.63) is 12.4 Å². The Hall–Kier alpha value is -1.13. The molecule has 0 aliphatic heterocycles. The van der Waals surface area contributed by atoms with Crippen LogP contribution in [0.3, 0.4) is 0 Å². The number of halogens is 1. The summed E-state index contributed by atoms with van der Waals surface area (Å²) in [6.45, 7) is 0.0386. The van der Waals surface area contributed by atoms with Gasteiger partial charge in [0.05, 0.1) is 0 Å². The van der Waals surface area contributed by atoms with Crippen LogP contribution in [0.4, 0.5) is 4.39 Å². The van der Waals surface area contributed by atoms with Crippen LogP contribution in [0.25, 0.3) is 0 Å². The molecule has 1 aliphatic carbocycles. The fourth-order valence-electron chi connectivity index (χ4n) is 0.875. The molecule has 0 spiro atoms.